The number of alkyl carbamates (subject to hydrolysis) is 1. The molecule has 0 radical (unpaired) electrons. The van der Waals surface area contributed by atoms with Gasteiger partial charge >= 0.3 is 12.1 Å². The molecule has 0 bridgehead atoms. The molecular formula is C13H23NO4S2. The molecule has 0 saturated carbocycles. The fourth-order valence-electron chi connectivity index (χ4n) is 1.01. The molecule has 0 heterocycles. The fraction of sp³-hybridized carbons (Fsp3) is 0.692. The SMILES string of the molecule is C=CC(C)SSC[C@H](NC(=O)OC(C)(C)C)C(=O)OC. The molecule has 0 aliphatic carbocycles. The topological polar surface area (TPSA) is 64.6 Å². The number of carbonyl (C=O) groups excluding carboxylic acids is 2. The molecule has 0 aromatic heterocycles. The highest BCUT2D eigenvalue weighted by Gasteiger charge is 2.25. The number of ether oxygens (including phenoxy) is 2. The molecule has 0 fully saturated rings. The lowest BCUT2D eigenvalue weighted by molar-refractivity contribution is -0.142. The van der Waals surface area contributed by atoms with Gasteiger partial charge in [0.2, 0.25) is 0 Å². The van der Waals surface area contributed by atoms with Gasteiger partial charge < -0.3 is 14.8 Å². The summed E-state index contributed by atoms with van der Waals surface area (Å²) in [6.45, 7) is 11.0. The number of hydrogen-bond acceptors (Lipinski definition) is 6. The zero-order valence-electron chi connectivity index (χ0n) is 12.6. The normalized spacial score (nSPS) is 14.1. The molecule has 0 aliphatic heterocycles. The molecule has 0 aromatic rings. The second-order valence-corrected chi connectivity index (χ2v) is 7.83. The van der Waals surface area contributed by atoms with Crippen molar-refractivity contribution in [1.29, 1.82) is 0 Å². The zero-order chi connectivity index (χ0) is 15.8. The van der Waals surface area contributed by atoms with Gasteiger partial charge in [-0.25, -0.2) is 9.59 Å². The van der Waals surface area contributed by atoms with E-state index in [0.29, 0.717) is 5.75 Å². The molecule has 1 N–H and O–H groups in total. The summed E-state index contributed by atoms with van der Waals surface area (Å²) in [5, 5.41) is 2.78. The quantitative estimate of drug-likeness (QED) is 0.442. The molecule has 2 atom stereocenters. The van der Waals surface area contributed by atoms with Crippen LogP contribution in [0.1, 0.15) is 27.7 Å². The highest BCUT2D eigenvalue weighted by atomic mass is 33.1. The van der Waals surface area contributed by atoms with Crippen LogP contribution in [0.2, 0.25) is 0 Å². The lowest BCUT2D eigenvalue weighted by Gasteiger charge is -2.22. The summed E-state index contributed by atoms with van der Waals surface area (Å²) in [4.78, 5) is 23.3. The van der Waals surface area contributed by atoms with E-state index in [4.69, 9.17) is 4.74 Å². The van der Waals surface area contributed by atoms with Crippen molar-refractivity contribution in [3.05, 3.63) is 12.7 Å². The first-order chi connectivity index (χ1) is 9.19. The van der Waals surface area contributed by atoms with Crippen LogP contribution < -0.4 is 5.32 Å². The highest BCUT2D eigenvalue weighted by molar-refractivity contribution is 8.77. The first-order valence-electron chi connectivity index (χ1n) is 6.17. The van der Waals surface area contributed by atoms with Crippen molar-refractivity contribution >= 4 is 33.7 Å². The largest absolute Gasteiger partial charge is 0.467 e. The summed E-state index contributed by atoms with van der Waals surface area (Å²) < 4.78 is 9.80. The Balaban J connectivity index is 4.39. The monoisotopic (exact) mass is 321 g/mol. The van der Waals surface area contributed by atoms with Crippen LogP contribution in [-0.4, -0.2) is 41.8 Å². The van der Waals surface area contributed by atoms with E-state index in [2.05, 4.69) is 16.6 Å². The van der Waals surface area contributed by atoms with Crippen LogP contribution in [0, 0.1) is 0 Å². The van der Waals surface area contributed by atoms with Crippen molar-refractivity contribution in [2.45, 2.75) is 44.6 Å². The van der Waals surface area contributed by atoms with Gasteiger partial charge in [-0.1, -0.05) is 27.7 Å². The van der Waals surface area contributed by atoms with E-state index in [1.54, 1.807) is 31.6 Å². The van der Waals surface area contributed by atoms with Gasteiger partial charge in [0.1, 0.15) is 11.6 Å². The van der Waals surface area contributed by atoms with Gasteiger partial charge in [0.25, 0.3) is 0 Å². The molecule has 0 spiro atoms. The summed E-state index contributed by atoms with van der Waals surface area (Å²) in [5.41, 5.74) is -0.607. The number of amides is 1. The Morgan fingerprint density at radius 3 is 2.45 bits per heavy atom. The second-order valence-electron chi connectivity index (χ2n) is 5.04. The number of esters is 1. The van der Waals surface area contributed by atoms with Crippen molar-refractivity contribution < 1.29 is 19.1 Å². The van der Waals surface area contributed by atoms with Crippen LogP contribution in [0.15, 0.2) is 12.7 Å². The Labute approximate surface area is 128 Å². The first kappa shape index (κ1) is 19.2. The molecule has 0 rings (SSSR count). The Morgan fingerprint density at radius 1 is 1.40 bits per heavy atom. The van der Waals surface area contributed by atoms with Crippen LogP contribution in [-0.2, 0) is 14.3 Å². The second kappa shape index (κ2) is 9.18. The predicted octanol–water partition coefficient (Wildman–Crippen LogP) is 3.01. The third-order valence-electron chi connectivity index (χ3n) is 1.96. The van der Waals surface area contributed by atoms with Crippen LogP contribution >= 0.6 is 21.6 Å². The molecule has 0 saturated heterocycles. The number of rotatable bonds is 7. The van der Waals surface area contributed by atoms with E-state index >= 15 is 0 Å². The highest BCUT2D eigenvalue weighted by Crippen LogP contribution is 2.27. The Hall–Kier alpha value is -0.820. The van der Waals surface area contributed by atoms with Crippen molar-refractivity contribution in [1.82, 2.24) is 5.32 Å². The van der Waals surface area contributed by atoms with E-state index in [0.717, 1.165) is 0 Å². The van der Waals surface area contributed by atoms with Gasteiger partial charge in [-0.05, 0) is 27.7 Å². The van der Waals surface area contributed by atoms with E-state index in [1.165, 1.54) is 17.9 Å². The van der Waals surface area contributed by atoms with Crippen molar-refractivity contribution in [2.24, 2.45) is 0 Å². The summed E-state index contributed by atoms with van der Waals surface area (Å²) in [7, 11) is 4.33. The molecule has 5 nitrogen and oxygen atoms in total. The minimum absolute atomic E-state index is 0.264. The fourth-order valence-corrected chi connectivity index (χ4v) is 3.27. The predicted molar refractivity (Wildman–Crippen MR) is 84.9 cm³/mol. The van der Waals surface area contributed by atoms with Crippen LogP contribution in [0.4, 0.5) is 4.79 Å². The van der Waals surface area contributed by atoms with Gasteiger partial charge in [0.15, 0.2) is 0 Å². The third-order valence-corrected chi connectivity index (χ3v) is 4.79. The molecular weight excluding hydrogens is 298 g/mol. The zero-order valence-corrected chi connectivity index (χ0v) is 14.2. The molecule has 116 valence electrons. The van der Waals surface area contributed by atoms with E-state index in [-0.39, 0.29) is 5.25 Å². The van der Waals surface area contributed by atoms with E-state index < -0.39 is 23.7 Å². The summed E-state index contributed by atoms with van der Waals surface area (Å²) in [6, 6.07) is -0.732. The molecule has 0 aliphatic rings. The molecule has 1 amide bonds. The van der Waals surface area contributed by atoms with E-state index in [9.17, 15) is 9.59 Å². The maximum atomic E-state index is 11.7. The van der Waals surface area contributed by atoms with Gasteiger partial charge in [0, 0.05) is 11.0 Å². The summed E-state index contributed by atoms with van der Waals surface area (Å²) in [5.74, 6) is -0.0930. The Bertz CT molecular complexity index is 342. The average molecular weight is 321 g/mol. The number of methoxy groups -OCH3 is 1. The van der Waals surface area contributed by atoms with Gasteiger partial charge in [-0.2, -0.15) is 0 Å². The average Bonchev–Trinajstić information content (AvgIpc) is 2.34. The van der Waals surface area contributed by atoms with Crippen molar-refractivity contribution in [3.8, 4) is 0 Å². The number of hydrogen-bond donors (Lipinski definition) is 1. The van der Waals surface area contributed by atoms with E-state index in [1.807, 2.05) is 13.0 Å². The van der Waals surface area contributed by atoms with Gasteiger partial charge in [-0.3, -0.25) is 0 Å². The van der Waals surface area contributed by atoms with Crippen LogP contribution in [0.25, 0.3) is 0 Å². The summed E-state index contributed by atoms with van der Waals surface area (Å²) in [6.07, 6.45) is 1.18. The molecule has 0 aromatic carbocycles. The third kappa shape index (κ3) is 9.14. The minimum Gasteiger partial charge on any atom is -0.467 e. The van der Waals surface area contributed by atoms with Gasteiger partial charge in [-0.15, -0.1) is 6.58 Å². The minimum atomic E-state index is -0.732. The van der Waals surface area contributed by atoms with Crippen molar-refractivity contribution in [3.63, 3.8) is 0 Å². The molecule has 7 heteroatoms. The first-order valence-corrected chi connectivity index (χ1v) is 8.56. The Kier molecular flexibility index (Phi) is 8.80. The van der Waals surface area contributed by atoms with Gasteiger partial charge in [0.05, 0.1) is 7.11 Å². The lowest BCUT2D eigenvalue weighted by Crippen LogP contribution is -2.45. The molecule has 20 heavy (non-hydrogen) atoms. The van der Waals surface area contributed by atoms with Crippen molar-refractivity contribution in [2.75, 3.05) is 12.9 Å². The summed E-state index contributed by atoms with van der Waals surface area (Å²) >= 11 is 0. The number of nitrogens with one attached hydrogen (secondary N) is 1. The number of carbonyl (C=O) groups is 2. The Morgan fingerprint density at radius 2 is 2.00 bits per heavy atom. The smallest absolute Gasteiger partial charge is 0.408 e. The maximum Gasteiger partial charge on any atom is 0.408 e. The standard InChI is InChI=1S/C13H23NO4S2/c1-7-9(2)20-19-8-10(11(15)17-6)14-12(16)18-13(3,4)5/h7,9-10H,1,8H2,2-6H3,(H,14,16)/t9?,10-/m0/s1. The van der Waals surface area contributed by atoms with Crippen LogP contribution in [0.5, 0.6) is 0 Å². The molecule has 1 unspecified atom stereocenters. The lowest BCUT2D eigenvalue weighted by atomic mass is 10.2. The van der Waals surface area contributed by atoms with Crippen LogP contribution in [0.3, 0.4) is 0 Å². The maximum absolute atomic E-state index is 11.7.